The van der Waals surface area contributed by atoms with Gasteiger partial charge in [-0.1, -0.05) is 12.1 Å². The molecule has 2 aromatic rings. The van der Waals surface area contributed by atoms with E-state index < -0.39 is 12.4 Å². The molecule has 2 rings (SSSR count). The van der Waals surface area contributed by atoms with E-state index in [1.807, 2.05) is 0 Å². The first kappa shape index (κ1) is 16.2. The Morgan fingerprint density at radius 2 is 1.64 bits per heavy atom. The minimum atomic E-state index is -4.74. The van der Waals surface area contributed by atoms with E-state index in [2.05, 4.69) is 31.3 Å². The lowest BCUT2D eigenvalue weighted by Gasteiger charge is -2.11. The topological polar surface area (TPSA) is 50.4 Å². The summed E-state index contributed by atoms with van der Waals surface area (Å²) in [4.78, 5) is 11.8. The zero-order chi connectivity index (χ0) is 16.2. The molecule has 0 fully saturated rings. The summed E-state index contributed by atoms with van der Waals surface area (Å²) in [5.41, 5.74) is 0.899. The van der Waals surface area contributed by atoms with E-state index in [0.29, 0.717) is 15.8 Å². The van der Waals surface area contributed by atoms with Crippen molar-refractivity contribution in [3.63, 3.8) is 0 Å². The third kappa shape index (κ3) is 4.96. The quantitative estimate of drug-likeness (QED) is 0.794. The van der Waals surface area contributed by atoms with Crippen LogP contribution in [0, 0.1) is 0 Å². The van der Waals surface area contributed by atoms with Gasteiger partial charge in [0.1, 0.15) is 5.75 Å². The van der Waals surface area contributed by atoms with Gasteiger partial charge >= 0.3 is 12.4 Å². The van der Waals surface area contributed by atoms with Gasteiger partial charge in [-0.3, -0.25) is 0 Å². The van der Waals surface area contributed by atoms with Crippen molar-refractivity contribution in [3.05, 3.63) is 53.0 Å². The highest BCUT2D eigenvalue weighted by Crippen LogP contribution is 2.24. The number of rotatable bonds is 3. The van der Waals surface area contributed by atoms with E-state index in [4.69, 9.17) is 0 Å². The number of hydrogen-bond acceptors (Lipinski definition) is 2. The van der Waals surface area contributed by atoms with Crippen molar-refractivity contribution < 1.29 is 22.7 Å². The zero-order valence-electron chi connectivity index (χ0n) is 10.9. The second-order valence-corrected chi connectivity index (χ2v) is 4.99. The van der Waals surface area contributed by atoms with Crippen LogP contribution in [-0.2, 0) is 0 Å². The van der Waals surface area contributed by atoms with Crippen LogP contribution >= 0.6 is 15.9 Å². The van der Waals surface area contributed by atoms with Crippen molar-refractivity contribution in [2.45, 2.75) is 6.36 Å². The number of urea groups is 1. The number of hydrogen-bond donors (Lipinski definition) is 2. The van der Waals surface area contributed by atoms with Gasteiger partial charge in [0.15, 0.2) is 0 Å². The fourth-order valence-electron chi connectivity index (χ4n) is 1.59. The predicted molar refractivity (Wildman–Crippen MR) is 79.9 cm³/mol. The maximum Gasteiger partial charge on any atom is 0.573 e. The van der Waals surface area contributed by atoms with Crippen LogP contribution in [0.25, 0.3) is 0 Å². The molecule has 0 bridgehead atoms. The summed E-state index contributed by atoms with van der Waals surface area (Å²) in [6, 6.07) is 11.3. The van der Waals surface area contributed by atoms with Gasteiger partial charge in [-0.2, -0.15) is 0 Å². The lowest BCUT2D eigenvalue weighted by Crippen LogP contribution is -2.20. The summed E-state index contributed by atoms with van der Waals surface area (Å²) in [6.07, 6.45) is -4.74. The van der Waals surface area contributed by atoms with Crippen LogP contribution in [0.15, 0.2) is 53.0 Å². The van der Waals surface area contributed by atoms with Gasteiger partial charge in [-0.15, -0.1) is 13.2 Å². The first-order valence-electron chi connectivity index (χ1n) is 6.02. The molecule has 0 aliphatic heterocycles. The van der Waals surface area contributed by atoms with Gasteiger partial charge in [0.25, 0.3) is 0 Å². The molecule has 4 nitrogen and oxygen atoms in total. The maximum atomic E-state index is 12.0. The third-order valence-corrected chi connectivity index (χ3v) is 3.16. The Kier molecular flexibility index (Phi) is 4.92. The van der Waals surface area contributed by atoms with Gasteiger partial charge < -0.3 is 15.4 Å². The Morgan fingerprint density at radius 3 is 2.23 bits per heavy atom. The molecular formula is C14H10BrF3N2O2. The number of para-hydroxylation sites is 1. The number of nitrogens with one attached hydrogen (secondary N) is 2. The molecule has 22 heavy (non-hydrogen) atoms. The monoisotopic (exact) mass is 374 g/mol. The number of benzene rings is 2. The molecule has 2 N–H and O–H groups in total. The highest BCUT2D eigenvalue weighted by atomic mass is 79.9. The third-order valence-electron chi connectivity index (χ3n) is 2.47. The summed E-state index contributed by atoms with van der Waals surface area (Å²) >= 11 is 3.28. The highest BCUT2D eigenvalue weighted by Gasteiger charge is 2.30. The Labute approximate surface area is 132 Å². The zero-order valence-corrected chi connectivity index (χ0v) is 12.5. The number of anilines is 2. The first-order chi connectivity index (χ1) is 10.3. The molecule has 0 saturated heterocycles. The average molecular weight is 375 g/mol. The van der Waals surface area contributed by atoms with E-state index in [-0.39, 0.29) is 5.75 Å². The summed E-state index contributed by atoms with van der Waals surface area (Å²) in [5, 5.41) is 5.10. The second kappa shape index (κ2) is 6.69. The number of halogens is 4. The molecular weight excluding hydrogens is 365 g/mol. The van der Waals surface area contributed by atoms with Crippen LogP contribution in [0.2, 0.25) is 0 Å². The lowest BCUT2D eigenvalue weighted by molar-refractivity contribution is -0.274. The Bertz CT molecular complexity index is 660. The number of amides is 2. The van der Waals surface area contributed by atoms with E-state index in [1.165, 1.54) is 12.1 Å². The van der Waals surface area contributed by atoms with E-state index in [0.717, 1.165) is 12.1 Å². The summed E-state index contributed by atoms with van der Waals surface area (Å²) in [5.74, 6) is -0.357. The molecule has 0 atom stereocenters. The lowest BCUT2D eigenvalue weighted by atomic mass is 10.3. The van der Waals surface area contributed by atoms with E-state index in [9.17, 15) is 18.0 Å². The van der Waals surface area contributed by atoms with Crippen LogP contribution in [0.3, 0.4) is 0 Å². The molecule has 0 aromatic heterocycles. The van der Waals surface area contributed by atoms with Crippen LogP contribution in [0.4, 0.5) is 29.3 Å². The van der Waals surface area contributed by atoms with Crippen molar-refractivity contribution >= 4 is 33.3 Å². The second-order valence-electron chi connectivity index (χ2n) is 4.13. The van der Waals surface area contributed by atoms with Crippen molar-refractivity contribution in [3.8, 4) is 5.75 Å². The standard InChI is InChI=1S/C14H10BrF3N2O2/c15-11-3-1-2-4-12(11)20-13(21)19-9-5-7-10(8-6-9)22-14(16,17)18/h1-8H,(H2,19,20,21). The Morgan fingerprint density at radius 1 is 1.00 bits per heavy atom. The predicted octanol–water partition coefficient (Wildman–Crippen LogP) is 4.99. The average Bonchev–Trinajstić information content (AvgIpc) is 2.42. The van der Waals surface area contributed by atoms with E-state index >= 15 is 0 Å². The smallest absolute Gasteiger partial charge is 0.406 e. The van der Waals surface area contributed by atoms with Gasteiger partial charge in [0, 0.05) is 10.2 Å². The van der Waals surface area contributed by atoms with E-state index in [1.54, 1.807) is 24.3 Å². The molecule has 8 heteroatoms. The number of carbonyl (C=O) groups is 1. The van der Waals surface area contributed by atoms with Crippen molar-refractivity contribution in [1.29, 1.82) is 0 Å². The molecule has 0 spiro atoms. The number of ether oxygens (including phenoxy) is 1. The first-order valence-corrected chi connectivity index (χ1v) is 6.81. The molecule has 2 amide bonds. The molecule has 0 unspecified atom stereocenters. The normalized spacial score (nSPS) is 10.9. The number of carbonyl (C=O) groups excluding carboxylic acids is 1. The minimum Gasteiger partial charge on any atom is -0.406 e. The van der Waals surface area contributed by atoms with Crippen LogP contribution in [0.1, 0.15) is 0 Å². The van der Waals surface area contributed by atoms with Crippen LogP contribution in [0.5, 0.6) is 5.75 Å². The van der Waals surface area contributed by atoms with Gasteiger partial charge in [-0.25, -0.2) is 4.79 Å². The summed E-state index contributed by atoms with van der Waals surface area (Å²) < 4.78 is 40.5. The van der Waals surface area contributed by atoms with Crippen molar-refractivity contribution in [1.82, 2.24) is 0 Å². The minimum absolute atomic E-state index is 0.332. The van der Waals surface area contributed by atoms with Crippen LogP contribution in [-0.4, -0.2) is 12.4 Å². The summed E-state index contributed by atoms with van der Waals surface area (Å²) in [7, 11) is 0. The van der Waals surface area contributed by atoms with Crippen LogP contribution < -0.4 is 15.4 Å². The maximum absolute atomic E-state index is 12.0. The fourth-order valence-corrected chi connectivity index (χ4v) is 1.97. The molecule has 0 heterocycles. The molecule has 2 aromatic carbocycles. The molecule has 116 valence electrons. The fraction of sp³-hybridized carbons (Fsp3) is 0.0714. The molecule has 0 aliphatic carbocycles. The highest BCUT2D eigenvalue weighted by molar-refractivity contribution is 9.10. The molecule has 0 saturated carbocycles. The Hall–Kier alpha value is -2.22. The van der Waals surface area contributed by atoms with Gasteiger partial charge in [-0.05, 0) is 52.3 Å². The largest absolute Gasteiger partial charge is 0.573 e. The van der Waals surface area contributed by atoms with Gasteiger partial charge in [0.05, 0.1) is 5.69 Å². The van der Waals surface area contributed by atoms with Crippen molar-refractivity contribution in [2.24, 2.45) is 0 Å². The molecule has 0 radical (unpaired) electrons. The molecule has 0 aliphatic rings. The SMILES string of the molecule is O=C(Nc1ccc(OC(F)(F)F)cc1)Nc1ccccc1Br. The Balaban J connectivity index is 1.96. The van der Waals surface area contributed by atoms with Crippen molar-refractivity contribution in [2.75, 3.05) is 10.6 Å². The number of alkyl halides is 3. The van der Waals surface area contributed by atoms with Gasteiger partial charge in [0.2, 0.25) is 0 Å². The summed E-state index contributed by atoms with van der Waals surface area (Å²) in [6.45, 7) is 0.